The summed E-state index contributed by atoms with van der Waals surface area (Å²) >= 11 is 0. The van der Waals surface area contributed by atoms with Crippen LogP contribution in [-0.4, -0.2) is 26.3 Å². The molecule has 2 aromatic rings. The average molecular weight is 388 g/mol. The predicted molar refractivity (Wildman–Crippen MR) is 105 cm³/mol. The van der Waals surface area contributed by atoms with Gasteiger partial charge in [-0.05, 0) is 74.6 Å². The van der Waals surface area contributed by atoms with Gasteiger partial charge in [-0.25, -0.2) is 8.42 Å². The Labute approximate surface area is 159 Å². The summed E-state index contributed by atoms with van der Waals surface area (Å²) in [6.45, 7) is 2.48. The van der Waals surface area contributed by atoms with E-state index in [1.807, 2.05) is 6.92 Å². The molecule has 2 aliphatic rings. The van der Waals surface area contributed by atoms with E-state index in [0.29, 0.717) is 29.8 Å². The standard InChI is InChI=1S/C21H25NO4S/c1-13-17(9-14-3-4-14)19(11-22-21(13)23)18-10-16(27(2,24)25)7-8-20(18)26-12-15-5-6-15/h7-8,10-11,14-15H,3-6,9,12H2,1-2H3,(H,22,23). The van der Waals surface area contributed by atoms with Crippen molar-refractivity contribution in [2.24, 2.45) is 11.8 Å². The molecule has 0 unspecified atom stereocenters. The van der Waals surface area contributed by atoms with Crippen molar-refractivity contribution in [3.8, 4) is 16.9 Å². The molecule has 2 aliphatic carbocycles. The number of pyridine rings is 1. The zero-order chi connectivity index (χ0) is 19.2. The highest BCUT2D eigenvalue weighted by Crippen LogP contribution is 2.40. The Morgan fingerprint density at radius 2 is 1.81 bits per heavy atom. The van der Waals surface area contributed by atoms with Crippen LogP contribution in [0.4, 0.5) is 0 Å². The molecule has 0 bridgehead atoms. The monoisotopic (exact) mass is 387 g/mol. The highest BCUT2D eigenvalue weighted by molar-refractivity contribution is 7.90. The summed E-state index contributed by atoms with van der Waals surface area (Å²) in [5, 5.41) is 0. The molecular weight excluding hydrogens is 362 g/mol. The van der Waals surface area contributed by atoms with E-state index in [1.54, 1.807) is 24.4 Å². The number of H-pyrrole nitrogens is 1. The molecule has 0 saturated heterocycles. The molecule has 27 heavy (non-hydrogen) atoms. The first-order valence-electron chi connectivity index (χ1n) is 9.51. The maximum Gasteiger partial charge on any atom is 0.251 e. The van der Waals surface area contributed by atoms with Crippen LogP contribution >= 0.6 is 0 Å². The van der Waals surface area contributed by atoms with Gasteiger partial charge in [0.2, 0.25) is 0 Å². The summed E-state index contributed by atoms with van der Waals surface area (Å²) in [4.78, 5) is 15.2. The Bertz CT molecular complexity index is 1030. The Kier molecular flexibility index (Phi) is 4.62. The number of hydrogen-bond acceptors (Lipinski definition) is 4. The van der Waals surface area contributed by atoms with Gasteiger partial charge >= 0.3 is 0 Å². The summed E-state index contributed by atoms with van der Waals surface area (Å²) in [5.41, 5.74) is 3.23. The molecule has 0 spiro atoms. The van der Waals surface area contributed by atoms with Gasteiger partial charge in [0.15, 0.2) is 9.84 Å². The summed E-state index contributed by atoms with van der Waals surface area (Å²) < 4.78 is 30.2. The van der Waals surface area contributed by atoms with Gasteiger partial charge in [0, 0.05) is 29.1 Å². The number of benzene rings is 1. The molecule has 1 aromatic heterocycles. The fourth-order valence-electron chi connectivity index (χ4n) is 3.35. The molecule has 1 aromatic carbocycles. The van der Waals surface area contributed by atoms with Crippen LogP contribution in [0.5, 0.6) is 5.75 Å². The van der Waals surface area contributed by atoms with Crippen molar-refractivity contribution >= 4 is 9.84 Å². The fourth-order valence-corrected chi connectivity index (χ4v) is 4.00. The number of hydrogen-bond donors (Lipinski definition) is 1. The van der Waals surface area contributed by atoms with Crippen molar-refractivity contribution in [3.63, 3.8) is 0 Å². The van der Waals surface area contributed by atoms with Gasteiger partial charge in [0.1, 0.15) is 5.75 Å². The van der Waals surface area contributed by atoms with E-state index in [0.717, 1.165) is 23.1 Å². The van der Waals surface area contributed by atoms with Gasteiger partial charge in [0.05, 0.1) is 11.5 Å². The number of sulfone groups is 1. The molecule has 0 amide bonds. The van der Waals surface area contributed by atoms with Crippen LogP contribution in [0, 0.1) is 18.8 Å². The van der Waals surface area contributed by atoms with Gasteiger partial charge in [0.25, 0.3) is 5.56 Å². The van der Waals surface area contributed by atoms with Crippen LogP contribution in [0.2, 0.25) is 0 Å². The number of ether oxygens (including phenoxy) is 1. The van der Waals surface area contributed by atoms with Crippen molar-refractivity contribution < 1.29 is 13.2 Å². The largest absolute Gasteiger partial charge is 0.493 e. The quantitative estimate of drug-likeness (QED) is 0.789. The van der Waals surface area contributed by atoms with E-state index >= 15 is 0 Å². The Morgan fingerprint density at radius 3 is 2.44 bits per heavy atom. The number of rotatable bonds is 7. The number of aromatic amines is 1. The molecule has 5 nitrogen and oxygen atoms in total. The van der Waals surface area contributed by atoms with E-state index in [1.165, 1.54) is 31.9 Å². The van der Waals surface area contributed by atoms with E-state index in [4.69, 9.17) is 4.74 Å². The molecule has 0 atom stereocenters. The second kappa shape index (κ2) is 6.82. The molecule has 1 heterocycles. The van der Waals surface area contributed by atoms with Gasteiger partial charge in [-0.2, -0.15) is 0 Å². The van der Waals surface area contributed by atoms with Crippen molar-refractivity contribution in [2.75, 3.05) is 12.9 Å². The third-order valence-electron chi connectivity index (χ3n) is 5.50. The lowest BCUT2D eigenvalue weighted by molar-refractivity contribution is 0.301. The fraction of sp³-hybridized carbons (Fsp3) is 0.476. The van der Waals surface area contributed by atoms with Crippen molar-refractivity contribution in [2.45, 2.75) is 43.9 Å². The zero-order valence-corrected chi connectivity index (χ0v) is 16.6. The van der Waals surface area contributed by atoms with Gasteiger partial charge in [-0.3, -0.25) is 4.79 Å². The van der Waals surface area contributed by atoms with E-state index in [9.17, 15) is 13.2 Å². The minimum absolute atomic E-state index is 0.0888. The third-order valence-corrected chi connectivity index (χ3v) is 6.61. The van der Waals surface area contributed by atoms with Crippen LogP contribution < -0.4 is 10.3 Å². The SMILES string of the molecule is Cc1c(CC2CC2)c(-c2cc(S(C)(=O)=O)ccc2OCC2CC2)c[nH]c1=O. The van der Waals surface area contributed by atoms with Crippen LogP contribution in [0.1, 0.15) is 36.8 Å². The first kappa shape index (κ1) is 18.3. The smallest absolute Gasteiger partial charge is 0.251 e. The zero-order valence-electron chi connectivity index (χ0n) is 15.7. The first-order chi connectivity index (χ1) is 12.8. The average Bonchev–Trinajstić information content (AvgIpc) is 3.52. The minimum atomic E-state index is -3.34. The maximum atomic E-state index is 12.2. The molecule has 1 N–H and O–H groups in total. The predicted octanol–water partition coefficient (Wildman–Crippen LogP) is 3.50. The molecule has 2 saturated carbocycles. The van der Waals surface area contributed by atoms with Gasteiger partial charge in [-0.15, -0.1) is 0 Å². The summed E-state index contributed by atoms with van der Waals surface area (Å²) in [6.07, 6.45) is 8.48. The second-order valence-corrected chi connectivity index (χ2v) is 9.98. The first-order valence-corrected chi connectivity index (χ1v) is 11.4. The van der Waals surface area contributed by atoms with Crippen LogP contribution in [0.3, 0.4) is 0 Å². The van der Waals surface area contributed by atoms with Crippen molar-refractivity contribution in [1.82, 2.24) is 4.98 Å². The maximum absolute atomic E-state index is 12.2. The molecule has 4 rings (SSSR count). The minimum Gasteiger partial charge on any atom is -0.493 e. The van der Waals surface area contributed by atoms with E-state index < -0.39 is 9.84 Å². The highest BCUT2D eigenvalue weighted by Gasteiger charge is 2.27. The molecule has 144 valence electrons. The number of aromatic nitrogens is 1. The van der Waals surface area contributed by atoms with E-state index in [-0.39, 0.29) is 10.5 Å². The summed E-state index contributed by atoms with van der Waals surface area (Å²) in [7, 11) is -3.34. The normalized spacial score (nSPS) is 17.1. The summed E-state index contributed by atoms with van der Waals surface area (Å²) in [5.74, 6) is 1.88. The Morgan fingerprint density at radius 1 is 1.11 bits per heavy atom. The van der Waals surface area contributed by atoms with Crippen LogP contribution in [-0.2, 0) is 16.3 Å². The molecule has 6 heteroatoms. The highest BCUT2D eigenvalue weighted by atomic mass is 32.2. The van der Waals surface area contributed by atoms with Gasteiger partial charge < -0.3 is 9.72 Å². The van der Waals surface area contributed by atoms with Crippen molar-refractivity contribution in [3.05, 3.63) is 45.9 Å². The second-order valence-electron chi connectivity index (χ2n) is 7.97. The lowest BCUT2D eigenvalue weighted by atomic mass is 9.94. The summed E-state index contributed by atoms with van der Waals surface area (Å²) in [6, 6.07) is 5.02. The van der Waals surface area contributed by atoms with Crippen LogP contribution in [0.25, 0.3) is 11.1 Å². The molecular formula is C21H25NO4S. The van der Waals surface area contributed by atoms with Gasteiger partial charge in [-0.1, -0.05) is 0 Å². The lowest BCUT2D eigenvalue weighted by Gasteiger charge is -2.17. The van der Waals surface area contributed by atoms with E-state index in [2.05, 4.69) is 4.98 Å². The molecule has 2 fully saturated rings. The van der Waals surface area contributed by atoms with Crippen molar-refractivity contribution in [1.29, 1.82) is 0 Å². The van der Waals surface area contributed by atoms with Crippen LogP contribution in [0.15, 0.2) is 34.1 Å². The third kappa shape index (κ3) is 4.10. The molecule has 0 aliphatic heterocycles. The number of nitrogens with one attached hydrogen (secondary N) is 1. The topological polar surface area (TPSA) is 76.2 Å². The Hall–Kier alpha value is -2.08. The lowest BCUT2D eigenvalue weighted by Crippen LogP contribution is -2.14. The Balaban J connectivity index is 1.84. The molecule has 0 radical (unpaired) electrons.